The topological polar surface area (TPSA) is 179 Å². The molecular weight excluding hydrogens is 448 g/mol. The van der Waals surface area contributed by atoms with E-state index in [2.05, 4.69) is 38.5 Å². The maximum atomic E-state index is 12.9. The summed E-state index contributed by atoms with van der Waals surface area (Å²) < 4.78 is 0. The first-order valence-electron chi connectivity index (χ1n) is 10.9. The summed E-state index contributed by atoms with van der Waals surface area (Å²) >= 11 is 4.14. The number of amides is 3. The number of aromatic amines is 1. The van der Waals surface area contributed by atoms with Crippen molar-refractivity contribution in [2.24, 2.45) is 17.6 Å². The Labute approximate surface area is 199 Å². The molecule has 0 aliphatic heterocycles. The lowest BCUT2D eigenvalue weighted by molar-refractivity contribution is -0.142. The summed E-state index contributed by atoms with van der Waals surface area (Å²) in [6.45, 7) is 7.60. The van der Waals surface area contributed by atoms with E-state index < -0.39 is 47.9 Å². The molecule has 1 aromatic heterocycles. The number of aromatic nitrogens is 2. The second-order valence-corrected chi connectivity index (χ2v) is 9.22. The fourth-order valence-electron chi connectivity index (χ4n) is 3.15. The molecule has 0 fully saturated rings. The predicted octanol–water partition coefficient (Wildman–Crippen LogP) is -0.159. The first kappa shape index (κ1) is 28.4. The SMILES string of the molecule is CC(C)CC(N)C(=O)NC(CS)C(=O)NC(CC(C)C)C(=O)NC(Cc1cnc[nH]1)C(=O)O. The molecule has 0 saturated heterocycles. The summed E-state index contributed by atoms with van der Waals surface area (Å²) in [5, 5.41) is 17.2. The summed E-state index contributed by atoms with van der Waals surface area (Å²) in [6, 6.07) is -3.97. The van der Waals surface area contributed by atoms with E-state index >= 15 is 0 Å². The van der Waals surface area contributed by atoms with Gasteiger partial charge in [0.1, 0.15) is 18.1 Å². The van der Waals surface area contributed by atoms with Crippen molar-refractivity contribution in [3.8, 4) is 0 Å². The van der Waals surface area contributed by atoms with Gasteiger partial charge in [-0.3, -0.25) is 14.4 Å². The summed E-state index contributed by atoms with van der Waals surface area (Å²) in [5.41, 5.74) is 6.42. The maximum Gasteiger partial charge on any atom is 0.326 e. The number of aliphatic carboxylic acids is 1. The van der Waals surface area contributed by atoms with Crippen molar-refractivity contribution >= 4 is 36.3 Å². The highest BCUT2D eigenvalue weighted by Gasteiger charge is 2.30. The number of carbonyl (C=O) groups excluding carboxylic acids is 3. The molecule has 1 heterocycles. The zero-order valence-corrected chi connectivity index (χ0v) is 20.4. The van der Waals surface area contributed by atoms with Crippen LogP contribution >= 0.6 is 12.6 Å². The summed E-state index contributed by atoms with van der Waals surface area (Å²) in [7, 11) is 0. The monoisotopic (exact) mass is 484 g/mol. The van der Waals surface area contributed by atoms with Crippen molar-refractivity contribution in [1.82, 2.24) is 25.9 Å². The number of rotatable bonds is 14. The molecule has 1 rings (SSSR count). The van der Waals surface area contributed by atoms with Gasteiger partial charge >= 0.3 is 5.97 Å². The Morgan fingerprint density at radius 1 is 0.970 bits per heavy atom. The largest absolute Gasteiger partial charge is 0.480 e. The van der Waals surface area contributed by atoms with Gasteiger partial charge in [-0.15, -0.1) is 0 Å². The van der Waals surface area contributed by atoms with Crippen molar-refractivity contribution in [3.05, 3.63) is 18.2 Å². The Bertz CT molecular complexity index is 786. The lowest BCUT2D eigenvalue weighted by Gasteiger charge is -2.25. The number of carboxylic acid groups (broad SMARTS) is 1. The molecule has 12 heteroatoms. The molecule has 0 radical (unpaired) electrons. The predicted molar refractivity (Wildman–Crippen MR) is 126 cm³/mol. The van der Waals surface area contributed by atoms with Gasteiger partial charge in [-0.25, -0.2) is 9.78 Å². The first-order chi connectivity index (χ1) is 15.4. The molecule has 4 atom stereocenters. The van der Waals surface area contributed by atoms with Crippen molar-refractivity contribution in [1.29, 1.82) is 0 Å². The van der Waals surface area contributed by atoms with Crippen LogP contribution in [-0.4, -0.2) is 68.7 Å². The molecule has 11 nitrogen and oxygen atoms in total. The smallest absolute Gasteiger partial charge is 0.326 e. The number of carbonyl (C=O) groups is 4. The third-order valence-electron chi connectivity index (χ3n) is 4.81. The highest BCUT2D eigenvalue weighted by atomic mass is 32.1. The molecule has 0 bridgehead atoms. The molecule has 33 heavy (non-hydrogen) atoms. The molecule has 0 aromatic carbocycles. The number of nitrogens with zero attached hydrogens (tertiary/aromatic N) is 1. The van der Waals surface area contributed by atoms with Gasteiger partial charge in [0.15, 0.2) is 0 Å². The molecular formula is C21H36N6O5S. The Balaban J connectivity index is 2.86. The lowest BCUT2D eigenvalue weighted by Crippen LogP contribution is -2.58. The number of H-pyrrole nitrogens is 1. The number of nitrogens with one attached hydrogen (secondary N) is 4. The van der Waals surface area contributed by atoms with E-state index in [0.29, 0.717) is 12.1 Å². The van der Waals surface area contributed by atoms with Gasteiger partial charge in [0.05, 0.1) is 12.4 Å². The Morgan fingerprint density at radius 3 is 2.00 bits per heavy atom. The minimum Gasteiger partial charge on any atom is -0.480 e. The number of nitrogens with two attached hydrogens (primary N) is 1. The fraction of sp³-hybridized carbons (Fsp3) is 0.667. The highest BCUT2D eigenvalue weighted by Crippen LogP contribution is 2.08. The molecule has 0 aliphatic rings. The van der Waals surface area contributed by atoms with Crippen LogP contribution in [0.15, 0.2) is 12.5 Å². The third-order valence-corrected chi connectivity index (χ3v) is 5.18. The molecule has 3 amide bonds. The Morgan fingerprint density at radius 2 is 1.52 bits per heavy atom. The Kier molecular flexibility index (Phi) is 11.9. The maximum absolute atomic E-state index is 12.9. The number of hydrogen-bond donors (Lipinski definition) is 7. The van der Waals surface area contributed by atoms with E-state index in [9.17, 15) is 24.3 Å². The average Bonchev–Trinajstić information content (AvgIpc) is 3.22. The molecule has 7 N–H and O–H groups in total. The standard InChI is InChI=1S/C21H36N6O5S/c1-11(2)5-14(22)18(28)27-17(9-33)20(30)25-15(6-12(3)4)19(29)26-16(21(31)32)7-13-8-23-10-24-13/h8,10-12,14-17,33H,5-7,9,22H2,1-4H3,(H,23,24)(H,25,30)(H,26,29)(H,27,28)(H,31,32). The van der Waals surface area contributed by atoms with Gasteiger partial charge < -0.3 is 31.8 Å². The van der Waals surface area contributed by atoms with E-state index in [-0.39, 0.29) is 30.4 Å². The van der Waals surface area contributed by atoms with E-state index in [1.807, 2.05) is 27.7 Å². The van der Waals surface area contributed by atoms with Gasteiger partial charge in [0.2, 0.25) is 17.7 Å². The molecule has 0 spiro atoms. The number of thiol groups is 1. The highest BCUT2D eigenvalue weighted by molar-refractivity contribution is 7.80. The Hall–Kier alpha value is -2.60. The number of hydrogen-bond acceptors (Lipinski definition) is 7. The van der Waals surface area contributed by atoms with Gasteiger partial charge in [0.25, 0.3) is 0 Å². The lowest BCUT2D eigenvalue weighted by atomic mass is 10.0. The van der Waals surface area contributed by atoms with Crippen LogP contribution in [0, 0.1) is 11.8 Å². The quantitative estimate of drug-likeness (QED) is 0.179. The van der Waals surface area contributed by atoms with Gasteiger partial charge in [-0.1, -0.05) is 27.7 Å². The van der Waals surface area contributed by atoms with Crippen LogP contribution in [0.2, 0.25) is 0 Å². The third kappa shape index (κ3) is 10.3. The van der Waals surface area contributed by atoms with Gasteiger partial charge in [-0.2, -0.15) is 12.6 Å². The summed E-state index contributed by atoms with van der Waals surface area (Å²) in [6.07, 6.45) is 3.62. The molecule has 4 unspecified atom stereocenters. The molecule has 0 saturated carbocycles. The van der Waals surface area contributed by atoms with E-state index in [0.717, 1.165) is 0 Å². The van der Waals surface area contributed by atoms with Crippen LogP contribution in [-0.2, 0) is 25.6 Å². The molecule has 186 valence electrons. The number of carboxylic acids is 1. The second kappa shape index (κ2) is 13.8. The molecule has 0 aliphatic carbocycles. The van der Waals surface area contributed by atoms with Crippen LogP contribution < -0.4 is 21.7 Å². The fourth-order valence-corrected chi connectivity index (χ4v) is 3.41. The minimum absolute atomic E-state index is 0.000432. The van der Waals surface area contributed by atoms with Gasteiger partial charge in [-0.05, 0) is 24.7 Å². The normalized spacial score (nSPS) is 14.9. The second-order valence-electron chi connectivity index (χ2n) is 8.85. The van der Waals surface area contributed by atoms with Crippen LogP contribution in [0.5, 0.6) is 0 Å². The van der Waals surface area contributed by atoms with Gasteiger partial charge in [0, 0.05) is 24.1 Å². The van der Waals surface area contributed by atoms with Crippen molar-refractivity contribution in [2.45, 2.75) is 71.1 Å². The van der Waals surface area contributed by atoms with Crippen LogP contribution in [0.4, 0.5) is 0 Å². The first-order valence-corrected chi connectivity index (χ1v) is 11.5. The van der Waals surface area contributed by atoms with Crippen molar-refractivity contribution in [2.75, 3.05) is 5.75 Å². The van der Waals surface area contributed by atoms with E-state index in [1.165, 1.54) is 12.5 Å². The zero-order valence-electron chi connectivity index (χ0n) is 19.5. The number of imidazole rings is 1. The van der Waals surface area contributed by atoms with Crippen LogP contribution in [0.3, 0.4) is 0 Å². The molecule has 1 aromatic rings. The average molecular weight is 485 g/mol. The van der Waals surface area contributed by atoms with Crippen LogP contribution in [0.1, 0.15) is 46.2 Å². The van der Waals surface area contributed by atoms with Crippen LogP contribution in [0.25, 0.3) is 0 Å². The minimum atomic E-state index is -1.22. The van der Waals surface area contributed by atoms with Crippen molar-refractivity contribution < 1.29 is 24.3 Å². The van der Waals surface area contributed by atoms with E-state index in [4.69, 9.17) is 5.73 Å². The van der Waals surface area contributed by atoms with Crippen molar-refractivity contribution in [3.63, 3.8) is 0 Å². The van der Waals surface area contributed by atoms with E-state index in [1.54, 1.807) is 0 Å². The summed E-state index contributed by atoms with van der Waals surface area (Å²) in [4.78, 5) is 56.3. The summed E-state index contributed by atoms with van der Waals surface area (Å²) in [5.74, 6) is -2.70. The zero-order chi connectivity index (χ0) is 25.1.